The highest BCUT2D eigenvalue weighted by atomic mass is 16.1. The van der Waals surface area contributed by atoms with Gasteiger partial charge in [0.05, 0.1) is 35.7 Å². The van der Waals surface area contributed by atoms with E-state index >= 15 is 0 Å². The van der Waals surface area contributed by atoms with Gasteiger partial charge in [0, 0.05) is 20.0 Å². The van der Waals surface area contributed by atoms with Crippen molar-refractivity contribution < 1.29 is 0 Å². The lowest BCUT2D eigenvalue weighted by atomic mass is 10.1. The van der Waals surface area contributed by atoms with Gasteiger partial charge in [0.1, 0.15) is 11.6 Å². The average molecular weight is 297 g/mol. The van der Waals surface area contributed by atoms with Crippen LogP contribution in [0.3, 0.4) is 0 Å². The molecular formula is C14H15N7O. The van der Waals surface area contributed by atoms with E-state index in [2.05, 4.69) is 29.9 Å². The van der Waals surface area contributed by atoms with Gasteiger partial charge in [0.25, 0.3) is 5.56 Å². The molecule has 1 N–H and O–H groups in total. The molecule has 3 aromatic heterocycles. The highest BCUT2D eigenvalue weighted by Gasteiger charge is 2.23. The average Bonchev–Trinajstić information content (AvgIpc) is 2.88. The quantitative estimate of drug-likeness (QED) is 0.695. The van der Waals surface area contributed by atoms with Gasteiger partial charge in [-0.25, -0.2) is 15.0 Å². The minimum absolute atomic E-state index is 0.0806. The number of aryl methyl sites for hydroxylation is 2. The van der Waals surface area contributed by atoms with Crippen LogP contribution in [0.2, 0.25) is 0 Å². The van der Waals surface area contributed by atoms with Crippen molar-refractivity contribution in [1.82, 2.24) is 29.7 Å². The third-order valence-corrected chi connectivity index (χ3v) is 3.99. The largest absolute Gasteiger partial charge is 0.351 e. The minimum atomic E-state index is -0.0806. The van der Waals surface area contributed by atoms with Gasteiger partial charge < -0.3 is 9.88 Å². The first-order valence-electron chi connectivity index (χ1n) is 7.10. The SMILES string of the molecule is Cc1nc(N2CCc3nc[nH]c(=O)c3C2)c2cnn(C)c2n1. The lowest BCUT2D eigenvalue weighted by Crippen LogP contribution is -2.36. The molecule has 0 bridgehead atoms. The molecule has 4 rings (SSSR count). The topological polar surface area (TPSA) is 92.6 Å². The third-order valence-electron chi connectivity index (χ3n) is 3.99. The Morgan fingerprint density at radius 3 is 3.05 bits per heavy atom. The molecular weight excluding hydrogens is 282 g/mol. The Morgan fingerprint density at radius 2 is 2.18 bits per heavy atom. The number of hydrogen-bond donors (Lipinski definition) is 1. The lowest BCUT2D eigenvalue weighted by molar-refractivity contribution is 0.689. The second-order valence-corrected chi connectivity index (χ2v) is 5.43. The summed E-state index contributed by atoms with van der Waals surface area (Å²) in [6.45, 7) is 3.13. The predicted molar refractivity (Wildman–Crippen MR) is 80.7 cm³/mol. The Hall–Kier alpha value is -2.77. The zero-order chi connectivity index (χ0) is 15.3. The molecule has 8 heteroatoms. The minimum Gasteiger partial charge on any atom is -0.351 e. The number of nitrogens with zero attached hydrogens (tertiary/aromatic N) is 6. The van der Waals surface area contributed by atoms with E-state index in [1.165, 1.54) is 6.33 Å². The Bertz CT molecular complexity index is 927. The van der Waals surface area contributed by atoms with Crippen LogP contribution in [-0.4, -0.2) is 36.3 Å². The van der Waals surface area contributed by atoms with Gasteiger partial charge in [-0.05, 0) is 6.92 Å². The molecule has 0 fully saturated rings. The van der Waals surface area contributed by atoms with E-state index in [1.54, 1.807) is 10.9 Å². The maximum atomic E-state index is 12.0. The molecule has 1 aliphatic rings. The van der Waals surface area contributed by atoms with Gasteiger partial charge in [-0.3, -0.25) is 9.48 Å². The second-order valence-electron chi connectivity index (χ2n) is 5.43. The maximum Gasteiger partial charge on any atom is 0.255 e. The van der Waals surface area contributed by atoms with Gasteiger partial charge >= 0.3 is 0 Å². The number of aromatic nitrogens is 6. The van der Waals surface area contributed by atoms with E-state index in [1.807, 2.05) is 14.0 Å². The van der Waals surface area contributed by atoms with E-state index < -0.39 is 0 Å². The van der Waals surface area contributed by atoms with Crippen molar-refractivity contribution in [3.63, 3.8) is 0 Å². The van der Waals surface area contributed by atoms with Crippen molar-refractivity contribution in [3.8, 4) is 0 Å². The van der Waals surface area contributed by atoms with E-state index in [-0.39, 0.29) is 5.56 Å². The fraction of sp³-hybridized carbons (Fsp3) is 0.357. The molecule has 22 heavy (non-hydrogen) atoms. The van der Waals surface area contributed by atoms with Crippen molar-refractivity contribution in [1.29, 1.82) is 0 Å². The summed E-state index contributed by atoms with van der Waals surface area (Å²) >= 11 is 0. The van der Waals surface area contributed by atoms with Gasteiger partial charge in [-0.15, -0.1) is 0 Å². The van der Waals surface area contributed by atoms with Gasteiger partial charge in [-0.1, -0.05) is 0 Å². The summed E-state index contributed by atoms with van der Waals surface area (Å²) in [6.07, 6.45) is 3.96. The number of H-pyrrole nitrogens is 1. The summed E-state index contributed by atoms with van der Waals surface area (Å²) in [5.41, 5.74) is 2.30. The molecule has 8 nitrogen and oxygen atoms in total. The Morgan fingerprint density at radius 1 is 1.32 bits per heavy atom. The monoisotopic (exact) mass is 297 g/mol. The molecule has 0 saturated carbocycles. The number of anilines is 1. The molecule has 0 spiro atoms. The number of rotatable bonds is 1. The van der Waals surface area contributed by atoms with Crippen molar-refractivity contribution in [2.75, 3.05) is 11.4 Å². The van der Waals surface area contributed by atoms with E-state index in [4.69, 9.17) is 0 Å². The molecule has 0 atom stereocenters. The number of aromatic amines is 1. The maximum absolute atomic E-state index is 12.0. The van der Waals surface area contributed by atoms with E-state index in [9.17, 15) is 4.79 Å². The molecule has 3 aromatic rings. The summed E-state index contributed by atoms with van der Waals surface area (Å²) in [6, 6.07) is 0. The predicted octanol–water partition coefficient (Wildman–Crippen LogP) is 0.318. The molecule has 0 aliphatic carbocycles. The Balaban J connectivity index is 1.84. The number of nitrogens with one attached hydrogen (secondary N) is 1. The van der Waals surface area contributed by atoms with Crippen LogP contribution in [0.25, 0.3) is 11.0 Å². The third kappa shape index (κ3) is 1.87. The van der Waals surface area contributed by atoms with Crippen LogP contribution in [0, 0.1) is 6.92 Å². The van der Waals surface area contributed by atoms with E-state index in [0.29, 0.717) is 17.9 Å². The zero-order valence-electron chi connectivity index (χ0n) is 12.4. The van der Waals surface area contributed by atoms with Crippen molar-refractivity contribution in [2.45, 2.75) is 19.9 Å². The second kappa shape index (κ2) is 4.62. The van der Waals surface area contributed by atoms with Crippen LogP contribution >= 0.6 is 0 Å². The van der Waals surface area contributed by atoms with Crippen molar-refractivity contribution >= 4 is 16.9 Å². The highest BCUT2D eigenvalue weighted by Crippen LogP contribution is 2.26. The summed E-state index contributed by atoms with van der Waals surface area (Å²) in [5.74, 6) is 1.52. The van der Waals surface area contributed by atoms with Crippen LogP contribution in [0.15, 0.2) is 17.3 Å². The first kappa shape index (κ1) is 12.9. The fourth-order valence-corrected chi connectivity index (χ4v) is 2.89. The highest BCUT2D eigenvalue weighted by molar-refractivity contribution is 5.87. The molecule has 0 aromatic carbocycles. The Labute approximate surface area is 125 Å². The smallest absolute Gasteiger partial charge is 0.255 e. The summed E-state index contributed by atoms with van der Waals surface area (Å²) in [4.78, 5) is 30.0. The molecule has 0 saturated heterocycles. The molecule has 0 amide bonds. The molecule has 1 aliphatic heterocycles. The molecule has 0 radical (unpaired) electrons. The summed E-state index contributed by atoms with van der Waals surface area (Å²) in [7, 11) is 1.86. The molecule has 0 unspecified atom stereocenters. The van der Waals surface area contributed by atoms with Gasteiger partial charge in [0.15, 0.2) is 5.65 Å². The first-order valence-corrected chi connectivity index (χ1v) is 7.10. The van der Waals surface area contributed by atoms with Gasteiger partial charge in [0.2, 0.25) is 0 Å². The van der Waals surface area contributed by atoms with E-state index in [0.717, 1.165) is 35.5 Å². The standard InChI is InChI=1S/C14H15N7O/c1-8-18-12-9(5-17-20(12)2)13(19-8)21-4-3-11-10(6-21)14(22)16-7-15-11/h5,7H,3-4,6H2,1-2H3,(H,15,16,22). The lowest BCUT2D eigenvalue weighted by Gasteiger charge is -2.28. The zero-order valence-corrected chi connectivity index (χ0v) is 12.4. The van der Waals surface area contributed by atoms with Crippen LogP contribution in [-0.2, 0) is 20.0 Å². The molecule has 4 heterocycles. The number of fused-ring (bicyclic) bond motifs is 2. The van der Waals surface area contributed by atoms with Crippen LogP contribution in [0.1, 0.15) is 17.1 Å². The van der Waals surface area contributed by atoms with Gasteiger partial charge in [-0.2, -0.15) is 5.10 Å². The summed E-state index contributed by atoms with van der Waals surface area (Å²) in [5, 5.41) is 5.16. The van der Waals surface area contributed by atoms with Crippen LogP contribution in [0.4, 0.5) is 5.82 Å². The number of hydrogen-bond acceptors (Lipinski definition) is 6. The fourth-order valence-electron chi connectivity index (χ4n) is 2.89. The first-order chi connectivity index (χ1) is 10.6. The van der Waals surface area contributed by atoms with Crippen molar-refractivity contribution in [2.24, 2.45) is 7.05 Å². The van der Waals surface area contributed by atoms with Crippen LogP contribution in [0.5, 0.6) is 0 Å². The normalized spacial score (nSPS) is 14.4. The summed E-state index contributed by atoms with van der Waals surface area (Å²) < 4.78 is 1.74. The van der Waals surface area contributed by atoms with Crippen LogP contribution < -0.4 is 10.5 Å². The Kier molecular flexibility index (Phi) is 2.72. The molecule has 112 valence electrons. The van der Waals surface area contributed by atoms with Crippen molar-refractivity contribution in [3.05, 3.63) is 40.0 Å².